The fraction of sp³-hybridized carbons (Fsp3) is 0.300. The number of carboxylic acid groups (broad SMARTS) is 1. The van der Waals surface area contributed by atoms with Crippen LogP contribution in [0.15, 0.2) is 43.0 Å². The van der Waals surface area contributed by atoms with E-state index in [4.69, 9.17) is 16.6 Å². The second-order valence-corrected chi connectivity index (χ2v) is 8.96. The molecule has 0 atom stereocenters. The van der Waals surface area contributed by atoms with Gasteiger partial charge in [-0.25, -0.2) is 9.48 Å². The van der Waals surface area contributed by atoms with Gasteiger partial charge >= 0.3 is 5.97 Å². The molecule has 0 saturated carbocycles. The van der Waals surface area contributed by atoms with Crippen molar-refractivity contribution in [1.82, 2.24) is 44.3 Å². The van der Waals surface area contributed by atoms with Gasteiger partial charge in [0.2, 0.25) is 0 Å². The van der Waals surface area contributed by atoms with Gasteiger partial charge < -0.3 is 10.1 Å². The lowest BCUT2D eigenvalue weighted by Crippen LogP contribution is -2.02. The van der Waals surface area contributed by atoms with Gasteiger partial charge in [0, 0.05) is 38.1 Å². The highest BCUT2D eigenvalue weighted by molar-refractivity contribution is 5.95. The Kier molecular flexibility index (Phi) is 15.5. The molecule has 44 heavy (non-hydrogen) atoms. The van der Waals surface area contributed by atoms with Gasteiger partial charge in [-0.3, -0.25) is 18.8 Å². The molecule has 0 saturated heterocycles. The van der Waals surface area contributed by atoms with Crippen LogP contribution in [0.2, 0.25) is 0 Å². The minimum Gasteiger partial charge on any atom is -0.478 e. The van der Waals surface area contributed by atoms with Crippen LogP contribution in [-0.2, 0) is 21.1 Å². The van der Waals surface area contributed by atoms with Crippen LogP contribution in [0.3, 0.4) is 0 Å². The number of aldehydes is 1. The van der Waals surface area contributed by atoms with Crippen molar-refractivity contribution in [3.05, 3.63) is 82.3 Å². The van der Waals surface area contributed by atoms with Gasteiger partial charge in [0.15, 0.2) is 6.29 Å². The van der Waals surface area contributed by atoms with E-state index in [9.17, 15) is 9.59 Å². The van der Waals surface area contributed by atoms with Gasteiger partial charge in [0.25, 0.3) is 8.05 Å². The zero-order valence-corrected chi connectivity index (χ0v) is 24.5. The molecule has 0 aliphatic heterocycles. The van der Waals surface area contributed by atoms with E-state index in [1.54, 1.807) is 61.7 Å². The van der Waals surface area contributed by atoms with Crippen LogP contribution >= 0.6 is 0 Å². The first-order valence-electron chi connectivity index (χ1n) is 12.4. The van der Waals surface area contributed by atoms with E-state index in [1.165, 1.54) is 0 Å². The normalized spacial score (nSPS) is 9.34. The first-order valence-corrected chi connectivity index (χ1v) is 12.4. The highest BCUT2D eigenvalue weighted by atomic mass is 16.4. The van der Waals surface area contributed by atoms with Crippen molar-refractivity contribution in [2.45, 2.75) is 42.5 Å². The molecule has 2 N–H and O–H groups in total. The zero-order valence-electron chi connectivity index (χ0n) is 24.5. The average molecular weight is 602 g/mol. The summed E-state index contributed by atoms with van der Waals surface area (Å²) in [5.41, 5.74) is 7.91. The van der Waals surface area contributed by atoms with Crippen molar-refractivity contribution in [3.8, 4) is 29.3 Å². The van der Waals surface area contributed by atoms with Crippen LogP contribution in [0.25, 0.3) is 16.9 Å². The minimum atomic E-state index is -0.968. The van der Waals surface area contributed by atoms with Gasteiger partial charge in [0.1, 0.15) is 5.69 Å². The van der Waals surface area contributed by atoms with E-state index in [0.29, 0.717) is 16.9 Å². The molecule has 5 aromatic rings. The maximum Gasteiger partial charge on any atom is 0.335 e. The Morgan fingerprint density at radius 2 is 1.48 bits per heavy atom. The first kappa shape index (κ1) is 38.7. The number of carbonyl (C=O) groups excluding carboxylic acids is 1. The summed E-state index contributed by atoms with van der Waals surface area (Å²) in [7, 11) is 9.04. The number of rotatable bonds is 4. The Bertz CT molecular complexity index is 1710. The molecule has 0 amide bonds. The molecule has 1 aromatic carbocycles. The summed E-state index contributed by atoms with van der Waals surface area (Å²) in [6, 6.07) is 4.92. The fourth-order valence-electron chi connectivity index (χ4n) is 3.52. The third kappa shape index (κ3) is 9.11. The number of aromatic carboxylic acids is 1. The third-order valence-corrected chi connectivity index (χ3v) is 6.50. The molecular weight excluding hydrogens is 561 g/mol. The van der Waals surface area contributed by atoms with E-state index in [-0.39, 0.29) is 20.4 Å². The molecule has 0 bridgehead atoms. The van der Waals surface area contributed by atoms with Crippen LogP contribution in [0.4, 0.5) is 0 Å². The number of benzene rings is 1. The fourth-order valence-corrected chi connectivity index (χ4v) is 3.52. The molecule has 13 nitrogen and oxygen atoms in total. The predicted octanol–water partition coefficient (Wildman–Crippen LogP) is 3.57. The van der Waals surface area contributed by atoms with Crippen molar-refractivity contribution in [3.63, 3.8) is 0 Å². The molecule has 4 aromatic heterocycles. The lowest BCUT2D eigenvalue weighted by molar-refractivity contribution is 0.0696. The van der Waals surface area contributed by atoms with Crippen molar-refractivity contribution >= 4 is 20.3 Å². The second kappa shape index (κ2) is 17.6. The molecule has 2 radical (unpaired) electrons. The molecule has 0 aliphatic carbocycles. The maximum atomic E-state index is 11.1. The topological polar surface area (TPSA) is 159 Å². The standard InChI is InChI=1S/C15H15N5O2.C7H8N2.C6H8N2O.2CH4.BHO/c1-9-4-5-11(15(21)22)6-14(9)20-8-13(17-18-20)12-7-16-19(3)10(12)2;1-4-7-5-8-9(3)6(7)2;1-5-6(4-9)3-7-8(5)2;;;1-2/h4-8H,1-3H3,(H,21,22);1,5H,2-3H3;3-4H,1-2H3;2*1H4;2H. The number of hydrogen-bond donors (Lipinski definition) is 2. The highest BCUT2D eigenvalue weighted by Crippen LogP contribution is 2.22. The van der Waals surface area contributed by atoms with Crippen molar-refractivity contribution in [2.75, 3.05) is 0 Å². The summed E-state index contributed by atoms with van der Waals surface area (Å²) in [5, 5.41) is 35.9. The summed E-state index contributed by atoms with van der Waals surface area (Å²) in [4.78, 5) is 21.3. The second-order valence-electron chi connectivity index (χ2n) is 8.96. The van der Waals surface area contributed by atoms with Crippen molar-refractivity contribution in [2.24, 2.45) is 21.1 Å². The molecule has 232 valence electrons. The van der Waals surface area contributed by atoms with Gasteiger partial charge in [-0.2, -0.15) is 15.3 Å². The number of aromatic nitrogens is 9. The van der Waals surface area contributed by atoms with Gasteiger partial charge in [-0.1, -0.05) is 32.1 Å². The number of carboxylic acids is 1. The molecule has 4 heterocycles. The number of carbonyl (C=O) groups is 2. The molecule has 0 fully saturated rings. The Morgan fingerprint density at radius 1 is 0.909 bits per heavy atom. The molecular formula is C30H40BN9O4. The molecule has 0 aliphatic rings. The number of aryl methyl sites for hydroxylation is 4. The summed E-state index contributed by atoms with van der Waals surface area (Å²) in [5.74, 6) is 1.56. The molecule has 0 unspecified atom stereocenters. The zero-order chi connectivity index (χ0) is 31.6. The van der Waals surface area contributed by atoms with Crippen molar-refractivity contribution in [1.29, 1.82) is 0 Å². The quantitative estimate of drug-likeness (QED) is 0.178. The summed E-state index contributed by atoms with van der Waals surface area (Å²) in [6.45, 7) is 7.66. The minimum absolute atomic E-state index is 0. The smallest absolute Gasteiger partial charge is 0.335 e. The number of terminal acetylenes is 1. The Balaban J connectivity index is 0.000000700. The predicted molar refractivity (Wildman–Crippen MR) is 171 cm³/mol. The molecule has 0 spiro atoms. The lowest BCUT2D eigenvalue weighted by Gasteiger charge is -2.05. The van der Waals surface area contributed by atoms with E-state index in [1.807, 2.05) is 48.8 Å². The van der Waals surface area contributed by atoms with Crippen molar-refractivity contribution < 1.29 is 19.7 Å². The monoisotopic (exact) mass is 601 g/mol. The number of hydrogen-bond acceptors (Lipinski definition) is 8. The Morgan fingerprint density at radius 3 is 1.89 bits per heavy atom. The largest absolute Gasteiger partial charge is 0.478 e. The summed E-state index contributed by atoms with van der Waals surface area (Å²) < 4.78 is 6.78. The van der Waals surface area contributed by atoms with Crippen LogP contribution in [0.5, 0.6) is 0 Å². The summed E-state index contributed by atoms with van der Waals surface area (Å²) >= 11 is 0. The van der Waals surface area contributed by atoms with Crippen LogP contribution < -0.4 is 0 Å². The van der Waals surface area contributed by atoms with Gasteiger partial charge in [0.05, 0.1) is 52.9 Å². The first-order chi connectivity index (χ1) is 20.0. The van der Waals surface area contributed by atoms with E-state index in [2.05, 4.69) is 39.6 Å². The SMILES string of the molecule is C.C.C#Cc1cnn(C)c1C.Cc1c(C=O)cnn1C.Cc1ccc(C(=O)O)cc1-n1cc(-c2cnn(C)c2C)nn1.[B]O. The van der Waals surface area contributed by atoms with E-state index < -0.39 is 5.97 Å². The number of nitrogens with zero attached hydrogens (tertiary/aromatic N) is 9. The average Bonchev–Trinajstić information content (AvgIpc) is 3.76. The highest BCUT2D eigenvalue weighted by Gasteiger charge is 2.13. The van der Waals surface area contributed by atoms with Gasteiger partial charge in [-0.15, -0.1) is 11.5 Å². The lowest BCUT2D eigenvalue weighted by atomic mass is 10.1. The Hall–Kier alpha value is -5.29. The molecule has 5 rings (SSSR count). The molecule has 14 heteroatoms. The van der Waals surface area contributed by atoms with E-state index in [0.717, 1.165) is 40.1 Å². The van der Waals surface area contributed by atoms with Crippen LogP contribution in [0.1, 0.15) is 63.8 Å². The van der Waals surface area contributed by atoms with Crippen LogP contribution in [-0.4, -0.2) is 74.8 Å². The van der Waals surface area contributed by atoms with E-state index >= 15 is 0 Å². The van der Waals surface area contributed by atoms with Crippen LogP contribution in [0, 0.1) is 40.0 Å². The Labute approximate surface area is 259 Å². The third-order valence-electron chi connectivity index (χ3n) is 6.50. The maximum absolute atomic E-state index is 11.1. The van der Waals surface area contributed by atoms with Gasteiger partial charge in [-0.05, 0) is 45.4 Å². The summed E-state index contributed by atoms with van der Waals surface area (Å²) in [6.07, 6.45) is 12.7.